The van der Waals surface area contributed by atoms with Gasteiger partial charge in [0.25, 0.3) is 5.69 Å². The van der Waals surface area contributed by atoms with Gasteiger partial charge in [-0.05, 0) is 35.9 Å². The monoisotopic (exact) mass is 395 g/mol. The lowest BCUT2D eigenvalue weighted by Gasteiger charge is -2.22. The Kier molecular flexibility index (Phi) is 5.90. The van der Waals surface area contributed by atoms with Gasteiger partial charge in [-0.3, -0.25) is 10.1 Å². The molecule has 1 aliphatic carbocycles. The van der Waals surface area contributed by atoms with Crippen molar-refractivity contribution in [3.8, 4) is 0 Å². The molecule has 1 aromatic carbocycles. The molecule has 0 spiro atoms. The second kappa shape index (κ2) is 8.15. The van der Waals surface area contributed by atoms with Gasteiger partial charge in [0.1, 0.15) is 9.90 Å². The predicted octanol–water partition coefficient (Wildman–Crippen LogP) is 3.88. The van der Waals surface area contributed by atoms with Gasteiger partial charge in [0, 0.05) is 18.7 Å². The van der Waals surface area contributed by atoms with Crippen LogP contribution < -0.4 is 10.0 Å². The van der Waals surface area contributed by atoms with E-state index in [1.807, 2.05) is 0 Å². The molecule has 2 aromatic rings. The number of anilines is 1. The quantitative estimate of drug-likeness (QED) is 0.547. The van der Waals surface area contributed by atoms with Crippen molar-refractivity contribution in [1.29, 1.82) is 0 Å². The van der Waals surface area contributed by atoms with E-state index in [1.165, 1.54) is 23.8 Å². The lowest BCUT2D eigenvalue weighted by atomic mass is 9.96. The van der Waals surface area contributed by atoms with Gasteiger partial charge >= 0.3 is 0 Å². The van der Waals surface area contributed by atoms with E-state index in [2.05, 4.69) is 10.0 Å². The van der Waals surface area contributed by atoms with Crippen molar-refractivity contribution in [3.05, 3.63) is 51.4 Å². The Morgan fingerprint density at radius 2 is 1.92 bits per heavy atom. The Morgan fingerprint density at radius 3 is 2.65 bits per heavy atom. The fourth-order valence-corrected chi connectivity index (χ4v) is 5.60. The Bertz CT molecular complexity index is 874. The van der Waals surface area contributed by atoms with E-state index in [0.29, 0.717) is 12.2 Å². The first kappa shape index (κ1) is 18.8. The van der Waals surface area contributed by atoms with Gasteiger partial charge in [0.15, 0.2) is 0 Å². The van der Waals surface area contributed by atoms with Gasteiger partial charge < -0.3 is 5.32 Å². The summed E-state index contributed by atoms with van der Waals surface area (Å²) >= 11 is 1.17. The average Bonchev–Trinajstić information content (AvgIpc) is 3.11. The maximum absolute atomic E-state index is 12.5. The minimum absolute atomic E-state index is 0.00506. The molecule has 140 valence electrons. The van der Waals surface area contributed by atoms with Gasteiger partial charge in [0.2, 0.25) is 10.0 Å². The van der Waals surface area contributed by atoms with Crippen LogP contribution in [0.5, 0.6) is 0 Å². The summed E-state index contributed by atoms with van der Waals surface area (Å²) in [5, 5.41) is 15.8. The number of rotatable bonds is 7. The number of hydrogen-bond acceptors (Lipinski definition) is 6. The third-order valence-electron chi connectivity index (χ3n) is 4.41. The number of sulfonamides is 1. The van der Waals surface area contributed by atoms with Crippen LogP contribution in [0.3, 0.4) is 0 Å². The fourth-order valence-electron chi connectivity index (χ4n) is 3.06. The molecule has 1 heterocycles. The smallest absolute Gasteiger partial charge is 0.292 e. The number of nitrogens with zero attached hydrogens (tertiary/aromatic N) is 1. The molecule has 1 aliphatic rings. The standard InChI is InChI=1S/C17H21N3O4S2/c21-20(22)16-9-5-4-8-15(16)18-11-13-10-17(25-12-13)26(23,24)19-14-6-2-1-3-7-14/h4-5,8-10,12,14,18-19H,1-3,6-7,11H2. The van der Waals surface area contributed by atoms with Gasteiger partial charge in [-0.1, -0.05) is 31.4 Å². The summed E-state index contributed by atoms with van der Waals surface area (Å²) in [6.45, 7) is 0.320. The molecule has 7 nitrogen and oxygen atoms in total. The van der Waals surface area contributed by atoms with E-state index in [9.17, 15) is 18.5 Å². The molecule has 26 heavy (non-hydrogen) atoms. The van der Waals surface area contributed by atoms with E-state index in [1.54, 1.807) is 29.6 Å². The summed E-state index contributed by atoms with van der Waals surface area (Å²) in [7, 11) is -3.51. The van der Waals surface area contributed by atoms with Crippen molar-refractivity contribution < 1.29 is 13.3 Å². The summed E-state index contributed by atoms with van der Waals surface area (Å²) in [4.78, 5) is 10.6. The first-order chi connectivity index (χ1) is 12.5. The first-order valence-corrected chi connectivity index (χ1v) is 10.9. The van der Waals surface area contributed by atoms with E-state index in [0.717, 1.165) is 31.2 Å². The lowest BCUT2D eigenvalue weighted by molar-refractivity contribution is -0.384. The van der Waals surface area contributed by atoms with Gasteiger partial charge in [-0.15, -0.1) is 11.3 Å². The summed E-state index contributed by atoms with van der Waals surface area (Å²) in [6.07, 6.45) is 5.05. The van der Waals surface area contributed by atoms with Crippen LogP contribution in [0, 0.1) is 10.1 Å². The SMILES string of the molecule is O=[N+]([O-])c1ccccc1NCc1csc(S(=O)(=O)NC2CCCCC2)c1. The Morgan fingerprint density at radius 1 is 1.19 bits per heavy atom. The Hall–Kier alpha value is -1.97. The molecule has 0 atom stereocenters. The molecule has 1 fully saturated rings. The number of nitrogens with one attached hydrogen (secondary N) is 2. The summed E-state index contributed by atoms with van der Waals surface area (Å²) < 4.78 is 28.1. The third-order valence-corrected chi connectivity index (χ3v) is 7.41. The second-order valence-electron chi connectivity index (χ2n) is 6.36. The van der Waals surface area contributed by atoms with Crippen LogP contribution in [0.15, 0.2) is 39.9 Å². The van der Waals surface area contributed by atoms with Crippen molar-refractivity contribution in [2.75, 3.05) is 5.32 Å². The van der Waals surface area contributed by atoms with Crippen molar-refractivity contribution in [2.45, 2.75) is 48.9 Å². The van der Waals surface area contributed by atoms with Crippen LogP contribution in [-0.2, 0) is 16.6 Å². The normalized spacial score (nSPS) is 15.7. The molecule has 0 amide bonds. The first-order valence-electron chi connectivity index (χ1n) is 8.53. The maximum atomic E-state index is 12.5. The second-order valence-corrected chi connectivity index (χ2v) is 9.21. The van der Waals surface area contributed by atoms with Crippen LogP contribution >= 0.6 is 11.3 Å². The highest BCUT2D eigenvalue weighted by Crippen LogP contribution is 2.26. The number of nitro groups is 1. The van der Waals surface area contributed by atoms with E-state index < -0.39 is 14.9 Å². The molecule has 1 saturated carbocycles. The third kappa shape index (κ3) is 4.60. The summed E-state index contributed by atoms with van der Waals surface area (Å²) in [5.74, 6) is 0. The molecule has 0 unspecified atom stereocenters. The largest absolute Gasteiger partial charge is 0.375 e. The summed E-state index contributed by atoms with van der Waals surface area (Å²) in [6, 6.07) is 8.02. The number of nitro benzene ring substituents is 1. The highest BCUT2D eigenvalue weighted by molar-refractivity contribution is 7.91. The molecule has 2 N–H and O–H groups in total. The van der Waals surface area contributed by atoms with Crippen LogP contribution in [0.2, 0.25) is 0 Å². The van der Waals surface area contributed by atoms with Crippen LogP contribution in [0.4, 0.5) is 11.4 Å². The fraction of sp³-hybridized carbons (Fsp3) is 0.412. The van der Waals surface area contributed by atoms with Crippen LogP contribution in [0.25, 0.3) is 0 Å². The van der Waals surface area contributed by atoms with Crippen molar-refractivity contribution >= 4 is 32.7 Å². The number of benzene rings is 1. The molecule has 0 aliphatic heterocycles. The minimum atomic E-state index is -3.51. The highest BCUT2D eigenvalue weighted by Gasteiger charge is 2.23. The van der Waals surface area contributed by atoms with Gasteiger partial charge in [-0.2, -0.15) is 0 Å². The minimum Gasteiger partial charge on any atom is -0.375 e. The van der Waals surface area contributed by atoms with Crippen LogP contribution in [0.1, 0.15) is 37.7 Å². The van der Waals surface area contributed by atoms with Crippen molar-refractivity contribution in [3.63, 3.8) is 0 Å². The average molecular weight is 396 g/mol. The number of thiophene rings is 1. The summed E-state index contributed by atoms with van der Waals surface area (Å²) in [5.41, 5.74) is 1.18. The van der Waals surface area contributed by atoms with Gasteiger partial charge in [0.05, 0.1) is 4.92 Å². The topological polar surface area (TPSA) is 101 Å². The zero-order valence-electron chi connectivity index (χ0n) is 14.2. The Balaban J connectivity index is 1.65. The Labute approximate surface area is 156 Å². The lowest BCUT2D eigenvalue weighted by Crippen LogP contribution is -2.35. The molecular formula is C17H21N3O4S2. The highest BCUT2D eigenvalue weighted by atomic mass is 32.2. The maximum Gasteiger partial charge on any atom is 0.292 e. The number of hydrogen-bond donors (Lipinski definition) is 2. The van der Waals surface area contributed by atoms with Crippen LogP contribution in [-0.4, -0.2) is 19.4 Å². The van der Waals surface area contributed by atoms with Crippen molar-refractivity contribution in [1.82, 2.24) is 4.72 Å². The van der Waals surface area contributed by atoms with E-state index in [-0.39, 0.29) is 15.9 Å². The molecule has 0 bridgehead atoms. The molecule has 0 saturated heterocycles. The van der Waals surface area contributed by atoms with Crippen molar-refractivity contribution in [2.24, 2.45) is 0 Å². The molecular weight excluding hydrogens is 374 g/mol. The molecule has 1 aromatic heterocycles. The van der Waals surface area contributed by atoms with E-state index in [4.69, 9.17) is 0 Å². The molecule has 0 radical (unpaired) electrons. The van der Waals surface area contributed by atoms with Gasteiger partial charge in [-0.25, -0.2) is 13.1 Å². The predicted molar refractivity (Wildman–Crippen MR) is 102 cm³/mol. The molecule has 3 rings (SSSR count). The zero-order chi connectivity index (χ0) is 18.6. The number of para-hydroxylation sites is 2. The zero-order valence-corrected chi connectivity index (χ0v) is 15.8. The van der Waals surface area contributed by atoms with E-state index >= 15 is 0 Å². The molecule has 9 heteroatoms.